The molecule has 7 aromatic carbocycles. The molecule has 9 aromatic rings. The predicted molar refractivity (Wildman–Crippen MR) is 228 cm³/mol. The molecule has 3 nitrogen and oxygen atoms in total. The summed E-state index contributed by atoms with van der Waals surface area (Å²) in [6.07, 6.45) is 6.96. The van der Waals surface area contributed by atoms with E-state index in [4.69, 9.17) is 0 Å². The van der Waals surface area contributed by atoms with Gasteiger partial charge in [0.25, 0.3) is 0 Å². The first-order valence-electron chi connectivity index (χ1n) is 20.4. The van der Waals surface area contributed by atoms with Crippen LogP contribution in [0.25, 0.3) is 55.0 Å². The van der Waals surface area contributed by atoms with Gasteiger partial charge in [-0.15, -0.1) is 0 Å². The summed E-state index contributed by atoms with van der Waals surface area (Å²) in [6.45, 7) is 0. The van der Waals surface area contributed by atoms with Gasteiger partial charge in [-0.25, -0.2) is 0 Å². The van der Waals surface area contributed by atoms with E-state index in [1.807, 2.05) is 0 Å². The standard InChI is InChI=1S/C52H41N3/c1-2-12-37(13-3-1)53(38-22-24-39(25-23-38)54-45-18-8-4-14-40(45)41-15-5-9-19-46(41)54)49-27-26-44-51-50(49)42-16-6-10-20-47(42)55(51)48-21-11-7-17-43(48)52(44)35-29-33-28-34(31-35)32-36(52)30-33/h1-27,33-36H,28-32H2/t33-,34+,35-,36+,52?. The maximum atomic E-state index is 2.64. The molecule has 0 saturated heterocycles. The molecule has 3 heterocycles. The van der Waals surface area contributed by atoms with Gasteiger partial charge in [-0.3, -0.25) is 0 Å². The molecule has 5 aliphatic rings. The summed E-state index contributed by atoms with van der Waals surface area (Å²) >= 11 is 0. The highest BCUT2D eigenvalue weighted by atomic mass is 15.2. The Kier molecular flexibility index (Phi) is 6.06. The molecule has 4 bridgehead atoms. The smallest absolute Gasteiger partial charge is 0.0603 e. The third-order valence-electron chi connectivity index (χ3n) is 14.5. The van der Waals surface area contributed by atoms with E-state index in [1.165, 1.54) is 98.5 Å². The molecular formula is C52H41N3. The molecule has 0 N–H and O–H groups in total. The molecule has 0 atom stereocenters. The second kappa shape index (κ2) is 11.0. The Labute approximate surface area is 321 Å². The minimum atomic E-state index is 0.0622. The average molecular weight is 708 g/mol. The zero-order chi connectivity index (χ0) is 35.8. The molecule has 14 rings (SSSR count). The van der Waals surface area contributed by atoms with Gasteiger partial charge < -0.3 is 14.0 Å². The molecule has 0 radical (unpaired) electrons. The van der Waals surface area contributed by atoms with Gasteiger partial charge in [0, 0.05) is 44.0 Å². The van der Waals surface area contributed by atoms with E-state index in [-0.39, 0.29) is 5.41 Å². The van der Waals surface area contributed by atoms with Gasteiger partial charge in [0.05, 0.1) is 33.4 Å². The highest BCUT2D eigenvalue weighted by molar-refractivity contribution is 6.18. The van der Waals surface area contributed by atoms with Gasteiger partial charge in [0.2, 0.25) is 0 Å². The van der Waals surface area contributed by atoms with Gasteiger partial charge in [0.1, 0.15) is 0 Å². The van der Waals surface area contributed by atoms with Crippen LogP contribution in [0.2, 0.25) is 0 Å². The number of aromatic nitrogens is 2. The quantitative estimate of drug-likeness (QED) is 0.177. The fourth-order valence-corrected chi connectivity index (χ4v) is 12.8. The van der Waals surface area contributed by atoms with E-state index >= 15 is 0 Å². The van der Waals surface area contributed by atoms with Crippen molar-refractivity contribution in [2.45, 2.75) is 37.5 Å². The number of nitrogens with zero attached hydrogens (tertiary/aromatic N) is 3. The summed E-state index contributed by atoms with van der Waals surface area (Å²) in [6, 6.07) is 61.6. The minimum absolute atomic E-state index is 0.0622. The Morgan fingerprint density at radius 2 is 0.982 bits per heavy atom. The molecule has 4 aliphatic carbocycles. The van der Waals surface area contributed by atoms with Crippen molar-refractivity contribution in [1.82, 2.24) is 9.13 Å². The predicted octanol–water partition coefficient (Wildman–Crippen LogP) is 13.4. The lowest BCUT2D eigenvalue weighted by atomic mass is 9.41. The molecule has 2 aromatic heterocycles. The van der Waals surface area contributed by atoms with Gasteiger partial charge in [-0.1, -0.05) is 97.1 Å². The maximum absolute atomic E-state index is 2.64. The SMILES string of the molecule is c1ccc(N(c2ccc(-n3c4ccccc4c4ccccc43)cc2)c2ccc3c4c2c2ccccc2n4-c2ccccc2C32[C@H]3C[C@@H]4C[C@@H](C[C@H]2C4)C3)cc1. The first-order chi connectivity index (χ1) is 27.3. The van der Waals surface area contributed by atoms with Crippen molar-refractivity contribution < 1.29 is 0 Å². The Morgan fingerprint density at radius 1 is 0.436 bits per heavy atom. The Morgan fingerprint density at radius 3 is 1.65 bits per heavy atom. The van der Waals surface area contributed by atoms with Crippen LogP contribution in [-0.2, 0) is 5.41 Å². The molecule has 0 amide bonds. The summed E-state index contributed by atoms with van der Waals surface area (Å²) in [7, 11) is 0. The van der Waals surface area contributed by atoms with Crippen LogP contribution in [0.3, 0.4) is 0 Å². The Bertz CT molecular complexity index is 2920. The van der Waals surface area contributed by atoms with Crippen LogP contribution >= 0.6 is 0 Å². The number of benzene rings is 7. The summed E-state index contributed by atoms with van der Waals surface area (Å²) in [5.74, 6) is 3.21. The zero-order valence-electron chi connectivity index (χ0n) is 30.8. The van der Waals surface area contributed by atoms with Crippen LogP contribution in [0.1, 0.15) is 43.2 Å². The summed E-state index contributed by atoms with van der Waals surface area (Å²) in [5.41, 5.74) is 14.5. The van der Waals surface area contributed by atoms with Gasteiger partial charge >= 0.3 is 0 Å². The second-order valence-electron chi connectivity index (χ2n) is 17.0. The van der Waals surface area contributed by atoms with E-state index in [1.54, 1.807) is 11.1 Å². The topological polar surface area (TPSA) is 13.1 Å². The van der Waals surface area contributed by atoms with E-state index < -0.39 is 0 Å². The highest BCUT2D eigenvalue weighted by Gasteiger charge is 2.61. The molecule has 3 heteroatoms. The van der Waals surface area contributed by atoms with Crippen molar-refractivity contribution in [3.63, 3.8) is 0 Å². The number of para-hydroxylation sites is 5. The minimum Gasteiger partial charge on any atom is -0.310 e. The van der Waals surface area contributed by atoms with Crippen LogP contribution in [-0.4, -0.2) is 9.13 Å². The fraction of sp³-hybridized carbons (Fsp3) is 0.192. The first kappa shape index (κ1) is 30.3. The molecule has 55 heavy (non-hydrogen) atoms. The Balaban J connectivity index is 1.07. The number of hydrogen-bond acceptors (Lipinski definition) is 1. The zero-order valence-corrected chi connectivity index (χ0v) is 30.8. The first-order valence-corrected chi connectivity index (χ1v) is 20.4. The molecule has 1 spiro atoms. The van der Waals surface area contributed by atoms with Crippen molar-refractivity contribution in [3.05, 3.63) is 175 Å². The molecule has 0 unspecified atom stereocenters. The van der Waals surface area contributed by atoms with Crippen molar-refractivity contribution in [2.24, 2.45) is 23.7 Å². The molecule has 1 aliphatic heterocycles. The summed E-state index contributed by atoms with van der Waals surface area (Å²) < 4.78 is 5.06. The lowest BCUT2D eigenvalue weighted by Gasteiger charge is -2.63. The van der Waals surface area contributed by atoms with Crippen molar-refractivity contribution in [1.29, 1.82) is 0 Å². The number of fused-ring (bicyclic) bond motifs is 8. The molecular weight excluding hydrogens is 667 g/mol. The number of hydrogen-bond donors (Lipinski definition) is 0. The summed E-state index contributed by atoms with van der Waals surface area (Å²) in [4.78, 5) is 2.51. The molecule has 4 saturated carbocycles. The number of anilines is 3. The average Bonchev–Trinajstić information content (AvgIpc) is 3.76. The van der Waals surface area contributed by atoms with Crippen molar-refractivity contribution >= 4 is 60.7 Å². The van der Waals surface area contributed by atoms with Gasteiger partial charge in [0.15, 0.2) is 0 Å². The van der Waals surface area contributed by atoms with E-state index in [0.717, 1.165) is 17.5 Å². The van der Waals surface area contributed by atoms with Crippen LogP contribution in [0.15, 0.2) is 164 Å². The molecule has 264 valence electrons. The summed E-state index contributed by atoms with van der Waals surface area (Å²) in [5, 5.41) is 5.26. The van der Waals surface area contributed by atoms with Gasteiger partial charge in [-0.2, -0.15) is 0 Å². The normalized spacial score (nSPS) is 23.3. The Hall–Kier alpha value is -6.06. The highest BCUT2D eigenvalue weighted by Crippen LogP contribution is 2.68. The van der Waals surface area contributed by atoms with Crippen molar-refractivity contribution in [3.8, 4) is 11.4 Å². The maximum Gasteiger partial charge on any atom is 0.0603 e. The molecule has 4 fully saturated rings. The fourth-order valence-electron chi connectivity index (χ4n) is 12.8. The van der Waals surface area contributed by atoms with Crippen LogP contribution in [0.5, 0.6) is 0 Å². The monoisotopic (exact) mass is 707 g/mol. The van der Waals surface area contributed by atoms with E-state index in [9.17, 15) is 0 Å². The largest absolute Gasteiger partial charge is 0.310 e. The van der Waals surface area contributed by atoms with Gasteiger partial charge in [-0.05, 0) is 134 Å². The third kappa shape index (κ3) is 3.91. The number of rotatable bonds is 4. The van der Waals surface area contributed by atoms with Crippen LogP contribution in [0, 0.1) is 23.7 Å². The third-order valence-corrected chi connectivity index (χ3v) is 14.5. The van der Waals surface area contributed by atoms with Crippen LogP contribution < -0.4 is 4.90 Å². The lowest BCUT2D eigenvalue weighted by molar-refractivity contribution is -0.0418. The van der Waals surface area contributed by atoms with Crippen molar-refractivity contribution in [2.75, 3.05) is 4.90 Å². The lowest BCUT2D eigenvalue weighted by Crippen LogP contribution is -2.57. The van der Waals surface area contributed by atoms with E-state index in [2.05, 4.69) is 178 Å². The second-order valence-corrected chi connectivity index (χ2v) is 17.0. The van der Waals surface area contributed by atoms with E-state index in [0.29, 0.717) is 11.8 Å². The van der Waals surface area contributed by atoms with Crippen LogP contribution in [0.4, 0.5) is 17.1 Å².